The summed E-state index contributed by atoms with van der Waals surface area (Å²) in [6.45, 7) is 0. The van der Waals surface area contributed by atoms with Crippen LogP contribution in [-0.2, 0) is 0 Å². The van der Waals surface area contributed by atoms with Gasteiger partial charge in [-0.05, 0) is 24.3 Å². The number of anilines is 1. The van der Waals surface area contributed by atoms with E-state index in [0.717, 1.165) is 11.0 Å². The maximum absolute atomic E-state index is 12.8. The van der Waals surface area contributed by atoms with Gasteiger partial charge in [-0.3, -0.25) is 10.1 Å². The SMILES string of the molecule is COc1ccc(C(=O)Nc2nc(-c3cc4ccccc4o3)cs2)c(OC)c1OC. The summed E-state index contributed by atoms with van der Waals surface area (Å²) in [5.74, 6) is 1.39. The van der Waals surface area contributed by atoms with Crippen LogP contribution in [0, 0.1) is 0 Å². The number of aromatic nitrogens is 1. The molecule has 8 heteroatoms. The molecule has 0 aliphatic carbocycles. The van der Waals surface area contributed by atoms with Gasteiger partial charge in [-0.2, -0.15) is 0 Å². The number of thiazole rings is 1. The van der Waals surface area contributed by atoms with Crippen LogP contribution < -0.4 is 19.5 Å². The van der Waals surface area contributed by atoms with Crippen molar-refractivity contribution in [3.05, 3.63) is 53.4 Å². The number of benzene rings is 2. The molecule has 0 saturated heterocycles. The first-order chi connectivity index (χ1) is 14.1. The van der Waals surface area contributed by atoms with Crippen molar-refractivity contribution in [3.8, 4) is 28.7 Å². The summed E-state index contributed by atoms with van der Waals surface area (Å²) < 4.78 is 21.8. The van der Waals surface area contributed by atoms with Crippen LogP contribution in [0.5, 0.6) is 17.2 Å². The Balaban J connectivity index is 1.60. The van der Waals surface area contributed by atoms with Crippen LogP contribution >= 0.6 is 11.3 Å². The molecular formula is C21H18N2O5S. The van der Waals surface area contributed by atoms with Crippen molar-refractivity contribution in [1.29, 1.82) is 0 Å². The van der Waals surface area contributed by atoms with Gasteiger partial charge in [0.15, 0.2) is 22.4 Å². The molecule has 0 spiro atoms. The summed E-state index contributed by atoms with van der Waals surface area (Å²) in [5, 5.41) is 6.07. The number of hydrogen-bond donors (Lipinski definition) is 1. The average molecular weight is 410 g/mol. The second-order valence-corrected chi connectivity index (χ2v) is 6.88. The number of methoxy groups -OCH3 is 3. The highest BCUT2D eigenvalue weighted by Crippen LogP contribution is 2.40. The molecule has 0 saturated carbocycles. The third-order valence-corrected chi connectivity index (χ3v) is 5.11. The monoisotopic (exact) mass is 410 g/mol. The van der Waals surface area contributed by atoms with Gasteiger partial charge in [0.25, 0.3) is 5.91 Å². The van der Waals surface area contributed by atoms with E-state index < -0.39 is 0 Å². The lowest BCUT2D eigenvalue weighted by Crippen LogP contribution is -2.13. The second kappa shape index (κ2) is 7.84. The van der Waals surface area contributed by atoms with Gasteiger partial charge in [0.2, 0.25) is 5.75 Å². The summed E-state index contributed by atoms with van der Waals surface area (Å²) in [5.41, 5.74) is 1.75. The quantitative estimate of drug-likeness (QED) is 0.490. The number of carbonyl (C=O) groups excluding carboxylic acids is 1. The predicted molar refractivity (Wildman–Crippen MR) is 111 cm³/mol. The van der Waals surface area contributed by atoms with Crippen LogP contribution in [0.3, 0.4) is 0 Å². The Morgan fingerprint density at radius 3 is 2.55 bits per heavy atom. The molecule has 0 atom stereocenters. The van der Waals surface area contributed by atoms with Gasteiger partial charge in [0.1, 0.15) is 11.3 Å². The number of furan rings is 1. The first kappa shape index (κ1) is 18.8. The standard InChI is InChI=1S/C21H18N2O5S/c1-25-16-9-8-13(18(26-2)19(16)27-3)20(24)23-21-22-14(11-29-21)17-10-12-6-4-5-7-15(12)28-17/h4-11H,1-3H3,(H,22,23,24). The highest BCUT2D eigenvalue weighted by Gasteiger charge is 2.21. The summed E-state index contributed by atoms with van der Waals surface area (Å²) >= 11 is 1.31. The Bertz CT molecular complexity index is 1150. The number of nitrogens with one attached hydrogen (secondary N) is 1. The van der Waals surface area contributed by atoms with E-state index in [-0.39, 0.29) is 5.91 Å². The third kappa shape index (κ3) is 3.50. The minimum absolute atomic E-state index is 0.290. The van der Waals surface area contributed by atoms with Crippen LogP contribution in [0.25, 0.3) is 22.4 Å². The number of ether oxygens (including phenoxy) is 3. The molecule has 4 aromatic rings. The fourth-order valence-electron chi connectivity index (χ4n) is 3.00. The van der Waals surface area contributed by atoms with E-state index in [2.05, 4.69) is 10.3 Å². The maximum Gasteiger partial charge on any atom is 0.261 e. The predicted octanol–water partition coefficient (Wildman–Crippen LogP) is 4.83. The highest BCUT2D eigenvalue weighted by atomic mass is 32.1. The molecule has 29 heavy (non-hydrogen) atoms. The van der Waals surface area contributed by atoms with Gasteiger partial charge in [-0.15, -0.1) is 11.3 Å². The van der Waals surface area contributed by atoms with Crippen LogP contribution in [-0.4, -0.2) is 32.2 Å². The van der Waals surface area contributed by atoms with Gasteiger partial charge >= 0.3 is 0 Å². The van der Waals surface area contributed by atoms with Crippen molar-refractivity contribution >= 4 is 33.3 Å². The van der Waals surface area contributed by atoms with Gasteiger partial charge in [0.05, 0.1) is 26.9 Å². The smallest absolute Gasteiger partial charge is 0.261 e. The fourth-order valence-corrected chi connectivity index (χ4v) is 3.69. The lowest BCUT2D eigenvalue weighted by Gasteiger charge is -2.15. The summed E-state index contributed by atoms with van der Waals surface area (Å²) in [6, 6.07) is 12.9. The van der Waals surface area contributed by atoms with Crippen molar-refractivity contribution in [2.24, 2.45) is 0 Å². The van der Waals surface area contributed by atoms with Crippen molar-refractivity contribution in [2.75, 3.05) is 26.6 Å². The normalized spacial score (nSPS) is 10.7. The van der Waals surface area contributed by atoms with Gasteiger partial charge in [0, 0.05) is 10.8 Å². The van der Waals surface area contributed by atoms with Crippen molar-refractivity contribution in [3.63, 3.8) is 0 Å². The number of amides is 1. The average Bonchev–Trinajstić information content (AvgIpc) is 3.38. The molecule has 1 amide bonds. The fraction of sp³-hybridized carbons (Fsp3) is 0.143. The number of fused-ring (bicyclic) bond motifs is 1. The second-order valence-electron chi connectivity index (χ2n) is 6.02. The van der Waals surface area contributed by atoms with E-state index in [1.807, 2.05) is 35.7 Å². The molecule has 1 N–H and O–H groups in total. The molecule has 0 radical (unpaired) electrons. The van der Waals surface area contributed by atoms with E-state index in [0.29, 0.717) is 39.4 Å². The Hall–Kier alpha value is -3.52. The highest BCUT2D eigenvalue weighted by molar-refractivity contribution is 7.14. The number of carbonyl (C=O) groups is 1. The lowest BCUT2D eigenvalue weighted by molar-refractivity contribution is 0.102. The Kier molecular flexibility index (Phi) is 5.09. The zero-order valence-electron chi connectivity index (χ0n) is 16.0. The molecule has 0 unspecified atom stereocenters. The number of rotatable bonds is 6. The zero-order valence-corrected chi connectivity index (χ0v) is 16.8. The van der Waals surface area contributed by atoms with E-state index in [1.54, 1.807) is 12.1 Å². The topological polar surface area (TPSA) is 82.8 Å². The molecule has 0 bridgehead atoms. The van der Waals surface area contributed by atoms with Gasteiger partial charge in [-0.25, -0.2) is 4.98 Å². The largest absolute Gasteiger partial charge is 0.493 e. The van der Waals surface area contributed by atoms with Crippen molar-refractivity contribution < 1.29 is 23.4 Å². The summed E-state index contributed by atoms with van der Waals surface area (Å²) in [7, 11) is 4.48. The molecular weight excluding hydrogens is 392 g/mol. The minimum atomic E-state index is -0.367. The summed E-state index contributed by atoms with van der Waals surface area (Å²) in [6.07, 6.45) is 0. The van der Waals surface area contributed by atoms with E-state index >= 15 is 0 Å². The Labute approximate surface area is 170 Å². The molecule has 0 aliphatic rings. The first-order valence-corrected chi connectivity index (χ1v) is 9.57. The minimum Gasteiger partial charge on any atom is -0.493 e. The Morgan fingerprint density at radius 1 is 1.03 bits per heavy atom. The van der Waals surface area contributed by atoms with Crippen LogP contribution in [0.4, 0.5) is 5.13 Å². The van der Waals surface area contributed by atoms with Crippen LogP contribution in [0.1, 0.15) is 10.4 Å². The molecule has 2 heterocycles. The van der Waals surface area contributed by atoms with Gasteiger partial charge in [-0.1, -0.05) is 18.2 Å². The molecule has 0 fully saturated rings. The molecule has 2 aromatic carbocycles. The van der Waals surface area contributed by atoms with Crippen molar-refractivity contribution in [2.45, 2.75) is 0 Å². The van der Waals surface area contributed by atoms with E-state index in [9.17, 15) is 4.79 Å². The summed E-state index contributed by atoms with van der Waals surface area (Å²) in [4.78, 5) is 17.3. The Morgan fingerprint density at radius 2 is 1.83 bits per heavy atom. The molecule has 4 rings (SSSR count). The van der Waals surface area contributed by atoms with Crippen LogP contribution in [0.15, 0.2) is 52.3 Å². The molecule has 0 aliphatic heterocycles. The molecule has 2 aromatic heterocycles. The van der Waals surface area contributed by atoms with E-state index in [4.69, 9.17) is 18.6 Å². The van der Waals surface area contributed by atoms with Gasteiger partial charge < -0.3 is 18.6 Å². The van der Waals surface area contributed by atoms with Crippen LogP contribution in [0.2, 0.25) is 0 Å². The number of nitrogens with zero attached hydrogens (tertiary/aromatic N) is 1. The maximum atomic E-state index is 12.8. The zero-order chi connectivity index (χ0) is 20.4. The molecule has 7 nitrogen and oxygen atoms in total. The lowest BCUT2D eigenvalue weighted by atomic mass is 10.1. The number of para-hydroxylation sites is 1. The van der Waals surface area contributed by atoms with Crippen molar-refractivity contribution in [1.82, 2.24) is 4.98 Å². The third-order valence-electron chi connectivity index (χ3n) is 4.35. The molecule has 148 valence electrons. The number of hydrogen-bond acceptors (Lipinski definition) is 7. The van der Waals surface area contributed by atoms with E-state index in [1.165, 1.54) is 32.7 Å². The first-order valence-electron chi connectivity index (χ1n) is 8.69.